The number of nitrogens with zero attached hydrogens (tertiary/aromatic N) is 4. The first-order chi connectivity index (χ1) is 13.6. The molecule has 1 aromatic carbocycles. The fraction of sp³-hybridized carbons (Fsp3) is 0.368. The molecule has 0 bridgehead atoms. The Morgan fingerprint density at radius 3 is 2.71 bits per heavy atom. The number of carbonyl (C=O) groups is 1. The van der Waals surface area contributed by atoms with Crippen molar-refractivity contribution in [2.45, 2.75) is 25.0 Å². The fourth-order valence-corrected chi connectivity index (χ4v) is 3.08. The maximum Gasteiger partial charge on any atom is 0.276 e. The van der Waals surface area contributed by atoms with Crippen molar-refractivity contribution in [2.75, 3.05) is 23.8 Å². The molecule has 9 nitrogen and oxygen atoms in total. The van der Waals surface area contributed by atoms with Crippen LogP contribution in [0.25, 0.3) is 0 Å². The number of hydrogen-bond acceptors (Lipinski definition) is 8. The van der Waals surface area contributed by atoms with Gasteiger partial charge in [-0.05, 0) is 37.1 Å². The summed E-state index contributed by atoms with van der Waals surface area (Å²) < 4.78 is 0. The van der Waals surface area contributed by atoms with Crippen LogP contribution in [0.3, 0.4) is 0 Å². The monoisotopic (exact) mass is 380 g/mol. The van der Waals surface area contributed by atoms with Gasteiger partial charge in [0.25, 0.3) is 5.91 Å². The summed E-state index contributed by atoms with van der Waals surface area (Å²) in [5.74, 6) is 0.140. The van der Waals surface area contributed by atoms with Crippen LogP contribution >= 0.6 is 0 Å². The number of rotatable bonds is 7. The zero-order valence-corrected chi connectivity index (χ0v) is 15.7. The van der Waals surface area contributed by atoms with Gasteiger partial charge in [0, 0.05) is 25.3 Å². The lowest BCUT2D eigenvalue weighted by molar-refractivity contribution is 0.102. The summed E-state index contributed by atoms with van der Waals surface area (Å²) in [6, 6.07) is 14.9. The molecule has 2 heterocycles. The molecule has 1 amide bonds. The number of anilines is 2. The second kappa shape index (κ2) is 9.23. The first-order valence-electron chi connectivity index (χ1n) is 9.16. The van der Waals surface area contributed by atoms with Gasteiger partial charge in [0.2, 0.25) is 0 Å². The smallest absolute Gasteiger partial charge is 0.276 e. The van der Waals surface area contributed by atoms with E-state index in [-0.39, 0.29) is 29.7 Å². The standard InChI is InChI=1S/C19H24N8O/c1-27(11-5-8-15-14(12-20)18(21)26-23-15)17-10-9-16(24-25-17)19(28)22-13-6-3-2-4-7-13/h2-4,6-7,9-10,14-15,18,23,26H,5,8,11,21H2,1H3,(H,22,28). The molecule has 0 aliphatic carbocycles. The molecule has 3 atom stereocenters. The molecular formula is C19H24N8O. The zero-order chi connectivity index (χ0) is 19.9. The van der Waals surface area contributed by atoms with E-state index in [4.69, 9.17) is 5.73 Å². The van der Waals surface area contributed by atoms with Gasteiger partial charge in [0.15, 0.2) is 11.5 Å². The van der Waals surface area contributed by atoms with Gasteiger partial charge >= 0.3 is 0 Å². The number of amides is 1. The molecule has 1 saturated heterocycles. The van der Waals surface area contributed by atoms with E-state index in [0.29, 0.717) is 11.5 Å². The van der Waals surface area contributed by atoms with E-state index in [1.165, 1.54) is 0 Å². The van der Waals surface area contributed by atoms with Gasteiger partial charge in [-0.15, -0.1) is 10.2 Å². The van der Waals surface area contributed by atoms with Crippen LogP contribution in [0.1, 0.15) is 23.3 Å². The highest BCUT2D eigenvalue weighted by atomic mass is 16.1. The van der Waals surface area contributed by atoms with E-state index in [2.05, 4.69) is 32.4 Å². The Labute approximate surface area is 163 Å². The second-order valence-electron chi connectivity index (χ2n) is 6.74. The van der Waals surface area contributed by atoms with Crippen molar-refractivity contribution >= 4 is 17.4 Å². The van der Waals surface area contributed by atoms with Gasteiger partial charge in [-0.1, -0.05) is 18.2 Å². The van der Waals surface area contributed by atoms with Crippen molar-refractivity contribution in [3.05, 3.63) is 48.2 Å². The van der Waals surface area contributed by atoms with E-state index in [0.717, 1.165) is 19.4 Å². The molecule has 1 fully saturated rings. The predicted octanol–water partition coefficient (Wildman–Crippen LogP) is 0.846. The number of aromatic nitrogens is 2. The van der Waals surface area contributed by atoms with Crippen LogP contribution in [0.4, 0.5) is 11.5 Å². The van der Waals surface area contributed by atoms with Crippen molar-refractivity contribution in [3.63, 3.8) is 0 Å². The maximum atomic E-state index is 12.2. The van der Waals surface area contributed by atoms with Crippen LogP contribution in [0, 0.1) is 17.2 Å². The summed E-state index contributed by atoms with van der Waals surface area (Å²) in [4.78, 5) is 14.2. The summed E-state index contributed by atoms with van der Waals surface area (Å²) in [5.41, 5.74) is 12.8. The van der Waals surface area contributed by atoms with Crippen LogP contribution in [0.15, 0.2) is 42.5 Å². The molecule has 1 aromatic heterocycles. The third-order valence-corrected chi connectivity index (χ3v) is 4.72. The quantitative estimate of drug-likeness (QED) is 0.556. The van der Waals surface area contributed by atoms with Gasteiger partial charge in [-0.2, -0.15) is 5.26 Å². The van der Waals surface area contributed by atoms with E-state index in [1.54, 1.807) is 12.1 Å². The van der Waals surface area contributed by atoms with Crippen molar-refractivity contribution in [1.82, 2.24) is 21.0 Å². The number of hydrazine groups is 1. The molecule has 9 heteroatoms. The highest BCUT2D eigenvalue weighted by molar-refractivity contribution is 6.02. The molecule has 1 aliphatic heterocycles. The van der Waals surface area contributed by atoms with Gasteiger partial charge in [-0.25, -0.2) is 5.43 Å². The zero-order valence-electron chi connectivity index (χ0n) is 15.7. The summed E-state index contributed by atoms with van der Waals surface area (Å²) in [6.45, 7) is 0.746. The molecule has 1 aliphatic rings. The van der Waals surface area contributed by atoms with Gasteiger partial charge in [0.05, 0.1) is 18.2 Å². The molecule has 146 valence electrons. The lowest BCUT2D eigenvalue weighted by Crippen LogP contribution is -2.38. The van der Waals surface area contributed by atoms with E-state index in [1.807, 2.05) is 42.3 Å². The molecule has 5 N–H and O–H groups in total. The summed E-state index contributed by atoms with van der Waals surface area (Å²) >= 11 is 0. The SMILES string of the molecule is CN(CCCC1NNC(N)C1C#N)c1ccc(C(=O)Nc2ccccc2)nn1. The van der Waals surface area contributed by atoms with Crippen molar-refractivity contribution < 1.29 is 4.79 Å². The number of benzene rings is 1. The molecule has 0 radical (unpaired) electrons. The number of nitrogens with one attached hydrogen (secondary N) is 3. The Hall–Kier alpha value is -3.06. The Kier molecular flexibility index (Phi) is 6.49. The largest absolute Gasteiger partial charge is 0.358 e. The van der Waals surface area contributed by atoms with Gasteiger partial charge in [0.1, 0.15) is 0 Å². The third-order valence-electron chi connectivity index (χ3n) is 4.72. The summed E-state index contributed by atoms with van der Waals surface area (Å²) in [6.07, 6.45) is 1.33. The van der Waals surface area contributed by atoms with Gasteiger partial charge in [-0.3, -0.25) is 10.2 Å². The van der Waals surface area contributed by atoms with Crippen molar-refractivity contribution in [2.24, 2.45) is 11.7 Å². The van der Waals surface area contributed by atoms with Gasteiger partial charge < -0.3 is 16.0 Å². The minimum absolute atomic E-state index is 0.0311. The number of nitrogens with two attached hydrogens (primary N) is 1. The average Bonchev–Trinajstić information content (AvgIpc) is 3.08. The van der Waals surface area contributed by atoms with E-state index in [9.17, 15) is 10.1 Å². The average molecular weight is 380 g/mol. The first kappa shape index (κ1) is 19.7. The van der Waals surface area contributed by atoms with E-state index < -0.39 is 0 Å². The molecule has 3 unspecified atom stereocenters. The molecule has 2 aromatic rings. The number of carbonyl (C=O) groups excluding carboxylic acids is 1. The van der Waals surface area contributed by atoms with Crippen LogP contribution in [0.2, 0.25) is 0 Å². The predicted molar refractivity (Wildman–Crippen MR) is 106 cm³/mol. The topological polar surface area (TPSA) is 132 Å². The Balaban J connectivity index is 1.49. The Morgan fingerprint density at radius 1 is 1.25 bits per heavy atom. The second-order valence-corrected chi connectivity index (χ2v) is 6.74. The lowest BCUT2D eigenvalue weighted by atomic mass is 9.97. The molecular weight excluding hydrogens is 356 g/mol. The lowest BCUT2D eigenvalue weighted by Gasteiger charge is -2.19. The Bertz CT molecular complexity index is 820. The Morgan fingerprint density at radius 2 is 2.04 bits per heavy atom. The molecule has 0 spiro atoms. The van der Waals surface area contributed by atoms with Crippen molar-refractivity contribution in [3.8, 4) is 6.07 Å². The van der Waals surface area contributed by atoms with E-state index >= 15 is 0 Å². The highest BCUT2D eigenvalue weighted by Gasteiger charge is 2.32. The number of para-hydroxylation sites is 1. The van der Waals surface area contributed by atoms with Crippen LogP contribution in [-0.2, 0) is 0 Å². The third kappa shape index (κ3) is 4.80. The molecule has 0 saturated carbocycles. The minimum Gasteiger partial charge on any atom is -0.358 e. The van der Waals surface area contributed by atoms with Crippen LogP contribution in [-0.4, -0.2) is 41.9 Å². The summed E-state index contributed by atoms with van der Waals surface area (Å²) in [7, 11) is 1.92. The first-order valence-corrected chi connectivity index (χ1v) is 9.16. The normalized spacial score (nSPS) is 21.1. The molecule has 28 heavy (non-hydrogen) atoms. The van der Waals surface area contributed by atoms with Crippen LogP contribution < -0.4 is 26.8 Å². The highest BCUT2D eigenvalue weighted by Crippen LogP contribution is 2.17. The molecule has 3 rings (SSSR count). The minimum atomic E-state index is -0.340. The fourth-order valence-electron chi connectivity index (χ4n) is 3.08. The number of hydrogen-bond donors (Lipinski definition) is 4. The maximum absolute atomic E-state index is 12.2. The number of nitriles is 1. The van der Waals surface area contributed by atoms with Crippen LogP contribution in [0.5, 0.6) is 0 Å². The summed E-state index contributed by atoms with van der Waals surface area (Å²) in [5, 5.41) is 20.1. The van der Waals surface area contributed by atoms with Crippen molar-refractivity contribution in [1.29, 1.82) is 5.26 Å².